The number of carbonyl (C=O) groups is 1. The van der Waals surface area contributed by atoms with E-state index < -0.39 is 27.1 Å². The van der Waals surface area contributed by atoms with Gasteiger partial charge in [-0.2, -0.15) is 0 Å². The average Bonchev–Trinajstić information content (AvgIpc) is 2.77. The molecule has 0 aromatic heterocycles. The van der Waals surface area contributed by atoms with E-state index in [9.17, 15) is 14.3 Å². The van der Waals surface area contributed by atoms with Crippen LogP contribution in [-0.4, -0.2) is 48.6 Å². The van der Waals surface area contributed by atoms with E-state index in [0.717, 1.165) is 25.7 Å². The van der Waals surface area contributed by atoms with Crippen LogP contribution in [0, 0.1) is 0 Å². The Balaban J connectivity index is 3.44. The minimum atomic E-state index is -4.55. The second kappa shape index (κ2) is 22.1. The molecule has 32 heavy (non-hydrogen) atoms. The molecule has 0 saturated heterocycles. The second-order valence-corrected chi connectivity index (χ2v) is 9.51. The zero-order chi connectivity index (χ0) is 23.9. The summed E-state index contributed by atoms with van der Waals surface area (Å²) in [6, 6.07) is 0. The quantitative estimate of drug-likeness (QED) is 0.115. The fraction of sp³-hybridized carbons (Fsp3) is 0.870. The van der Waals surface area contributed by atoms with Crippen molar-refractivity contribution in [2.24, 2.45) is 0 Å². The minimum Gasteiger partial charge on any atom is -0.756 e. The number of rotatable bonds is 23. The van der Waals surface area contributed by atoms with E-state index in [1.54, 1.807) is 0 Å². The average molecular weight is 479 g/mol. The summed E-state index contributed by atoms with van der Waals surface area (Å²) in [5.74, 6) is -0.136. The lowest BCUT2D eigenvalue weighted by Gasteiger charge is -2.23. The van der Waals surface area contributed by atoms with Crippen molar-refractivity contribution in [1.82, 2.24) is 5.32 Å². The maximum absolute atomic E-state index is 11.7. The number of phosphoric acid groups is 1. The van der Waals surface area contributed by atoms with Gasteiger partial charge in [0.25, 0.3) is 7.82 Å². The Morgan fingerprint density at radius 1 is 0.969 bits per heavy atom. The van der Waals surface area contributed by atoms with E-state index in [2.05, 4.69) is 33.4 Å². The van der Waals surface area contributed by atoms with Crippen molar-refractivity contribution in [3.05, 3.63) is 12.2 Å². The molecule has 1 unspecified atom stereocenters. The fourth-order valence-electron chi connectivity index (χ4n) is 3.06. The molecule has 0 fully saturated rings. The van der Waals surface area contributed by atoms with Crippen LogP contribution in [0.4, 0.5) is 0 Å². The van der Waals surface area contributed by atoms with Crippen molar-refractivity contribution >= 4 is 13.7 Å². The van der Waals surface area contributed by atoms with Crippen LogP contribution in [0.15, 0.2) is 12.2 Å². The number of carbonyl (C=O) groups excluding carboxylic acids is 1. The Morgan fingerprint density at radius 3 is 2.12 bits per heavy atom. The molecule has 0 aliphatic rings. The van der Waals surface area contributed by atoms with Crippen LogP contribution < -0.4 is 10.2 Å². The van der Waals surface area contributed by atoms with Gasteiger partial charge in [0.15, 0.2) is 0 Å². The summed E-state index contributed by atoms with van der Waals surface area (Å²) < 4.78 is 20.4. The van der Waals surface area contributed by atoms with Crippen molar-refractivity contribution in [2.45, 2.75) is 103 Å². The summed E-state index contributed by atoms with van der Waals surface area (Å²) in [5, 5.41) is 20.2. The Hall–Kier alpha value is -0.760. The first-order chi connectivity index (χ1) is 15.4. The van der Waals surface area contributed by atoms with Gasteiger partial charge in [-0.15, -0.1) is 0 Å². The zero-order valence-electron chi connectivity index (χ0n) is 19.8. The maximum Gasteiger partial charge on any atom is 0.268 e. The van der Waals surface area contributed by atoms with Crippen LogP contribution in [0.5, 0.6) is 0 Å². The summed E-state index contributed by atoms with van der Waals surface area (Å²) in [6.45, 7) is 0.883. The van der Waals surface area contributed by atoms with Crippen molar-refractivity contribution in [1.29, 1.82) is 0 Å². The Bertz CT molecular complexity index is 517. The topological polar surface area (TPSA) is 128 Å². The number of phosphoric ester groups is 1. The predicted molar refractivity (Wildman–Crippen MR) is 125 cm³/mol. The van der Waals surface area contributed by atoms with Gasteiger partial charge in [-0.25, -0.2) is 0 Å². The van der Waals surface area contributed by atoms with Gasteiger partial charge in [-0.1, -0.05) is 70.4 Å². The van der Waals surface area contributed by atoms with Crippen LogP contribution in [0.2, 0.25) is 0 Å². The molecule has 0 saturated carbocycles. The number of aliphatic hydroxyl groups is 2. The van der Waals surface area contributed by atoms with Crippen molar-refractivity contribution in [3.63, 3.8) is 0 Å². The molecule has 9 heteroatoms. The summed E-state index contributed by atoms with van der Waals surface area (Å²) in [7, 11) is -4.55. The van der Waals surface area contributed by atoms with Gasteiger partial charge in [0.05, 0.1) is 19.8 Å². The molecular formula is C23H45NO7P-. The Labute approximate surface area is 194 Å². The highest BCUT2D eigenvalue weighted by Crippen LogP contribution is 2.37. The van der Waals surface area contributed by atoms with Crippen LogP contribution in [0.3, 0.4) is 0 Å². The lowest BCUT2D eigenvalue weighted by Crippen LogP contribution is -2.28. The van der Waals surface area contributed by atoms with Gasteiger partial charge in [-0.05, 0) is 32.1 Å². The molecule has 0 bridgehead atoms. The minimum absolute atomic E-state index is 0.0576. The molecule has 2 atom stereocenters. The molecule has 0 rings (SSSR count). The second-order valence-electron chi connectivity index (χ2n) is 8.10. The maximum atomic E-state index is 11.7. The molecule has 0 spiro atoms. The van der Waals surface area contributed by atoms with Crippen LogP contribution in [-0.2, 0) is 18.4 Å². The van der Waals surface area contributed by atoms with E-state index in [-0.39, 0.29) is 19.1 Å². The van der Waals surface area contributed by atoms with Crippen molar-refractivity contribution in [3.8, 4) is 0 Å². The lowest BCUT2D eigenvalue weighted by atomic mass is 10.1. The number of hydrogen-bond donors (Lipinski definition) is 3. The molecule has 0 aliphatic carbocycles. The highest BCUT2D eigenvalue weighted by Gasteiger charge is 2.12. The van der Waals surface area contributed by atoms with Gasteiger partial charge in [-0.3, -0.25) is 9.36 Å². The van der Waals surface area contributed by atoms with E-state index in [1.165, 1.54) is 57.8 Å². The molecule has 0 heterocycles. The van der Waals surface area contributed by atoms with Crippen molar-refractivity contribution < 1.29 is 33.5 Å². The Morgan fingerprint density at radius 2 is 1.53 bits per heavy atom. The fourth-order valence-corrected chi connectivity index (χ4v) is 3.80. The highest BCUT2D eigenvalue weighted by molar-refractivity contribution is 7.45. The van der Waals surface area contributed by atoms with Crippen LogP contribution >= 0.6 is 7.82 Å². The van der Waals surface area contributed by atoms with Gasteiger partial charge >= 0.3 is 0 Å². The summed E-state index contributed by atoms with van der Waals surface area (Å²) in [5.41, 5.74) is 0. The van der Waals surface area contributed by atoms with Gasteiger partial charge < -0.3 is 29.5 Å². The monoisotopic (exact) mass is 478 g/mol. The molecule has 0 aromatic rings. The van der Waals surface area contributed by atoms with Crippen LogP contribution in [0.1, 0.15) is 96.8 Å². The normalized spacial score (nSPS) is 14.5. The number of hydrogen-bond acceptors (Lipinski definition) is 7. The molecule has 0 radical (unpaired) electrons. The molecule has 3 N–H and O–H groups in total. The van der Waals surface area contributed by atoms with Crippen LogP contribution in [0.25, 0.3) is 0 Å². The highest BCUT2D eigenvalue weighted by atomic mass is 31.2. The molecular weight excluding hydrogens is 433 g/mol. The smallest absolute Gasteiger partial charge is 0.268 e. The summed E-state index contributed by atoms with van der Waals surface area (Å²) >= 11 is 0. The van der Waals surface area contributed by atoms with E-state index in [0.29, 0.717) is 6.42 Å². The number of unbranched alkanes of at least 4 members (excludes halogenated alkanes) is 11. The third kappa shape index (κ3) is 22.4. The zero-order valence-corrected chi connectivity index (χ0v) is 20.7. The standard InChI is InChI=1S/C23H46NO7P/c1-2-3-4-5-6-7-8-9-10-11-12-13-14-15-16-17-23(27)24-18-19-30-32(28,29)31-21-22(26)20-25/h9-10,22,25-26H,2-8,11-21H2,1H3,(H,24,27)(H,28,29)/p-1/b10-9-/t22-/m1/s1. The lowest BCUT2D eigenvalue weighted by molar-refractivity contribution is -0.227. The van der Waals surface area contributed by atoms with Crippen molar-refractivity contribution in [2.75, 3.05) is 26.4 Å². The largest absolute Gasteiger partial charge is 0.756 e. The van der Waals surface area contributed by atoms with Gasteiger partial charge in [0, 0.05) is 13.0 Å². The molecule has 0 aliphatic heterocycles. The number of allylic oxidation sites excluding steroid dienone is 2. The van der Waals surface area contributed by atoms with E-state index in [1.807, 2.05) is 0 Å². The SMILES string of the molecule is CCCCCCCC/C=C\CCCCCCCC(=O)NCCOP(=O)([O-])OC[C@H](O)CO. The first-order valence-electron chi connectivity index (χ1n) is 12.2. The first-order valence-corrected chi connectivity index (χ1v) is 13.7. The number of aliphatic hydroxyl groups excluding tert-OH is 2. The van der Waals surface area contributed by atoms with E-state index in [4.69, 9.17) is 10.2 Å². The third-order valence-electron chi connectivity index (χ3n) is 4.98. The number of amides is 1. The first kappa shape index (κ1) is 31.2. The Kier molecular flexibility index (Phi) is 21.5. The number of nitrogens with one attached hydrogen (secondary N) is 1. The molecule has 8 nitrogen and oxygen atoms in total. The summed E-state index contributed by atoms with van der Waals surface area (Å²) in [6.07, 6.45) is 19.4. The molecule has 190 valence electrons. The van der Waals surface area contributed by atoms with Gasteiger partial charge in [0.1, 0.15) is 6.10 Å². The molecule has 1 amide bonds. The van der Waals surface area contributed by atoms with E-state index >= 15 is 0 Å². The molecule has 0 aromatic carbocycles. The third-order valence-corrected chi connectivity index (χ3v) is 5.94. The van der Waals surface area contributed by atoms with Gasteiger partial charge in [0.2, 0.25) is 5.91 Å². The predicted octanol–water partition coefficient (Wildman–Crippen LogP) is 3.99. The summed E-state index contributed by atoms with van der Waals surface area (Å²) in [4.78, 5) is 23.1.